The van der Waals surface area contributed by atoms with E-state index in [-0.39, 0.29) is 25.2 Å². The fourth-order valence-corrected chi connectivity index (χ4v) is 2.49. The number of aromatic nitrogens is 1. The first-order valence-corrected chi connectivity index (χ1v) is 9.30. The zero-order chi connectivity index (χ0) is 24.3. The summed E-state index contributed by atoms with van der Waals surface area (Å²) in [6, 6.07) is -1.73. The van der Waals surface area contributed by atoms with Crippen molar-refractivity contribution in [3.8, 4) is 0 Å². The summed E-state index contributed by atoms with van der Waals surface area (Å²) in [5.74, 6) is -5.26. The lowest BCUT2D eigenvalue weighted by molar-refractivity contribution is -0.388. The normalized spacial score (nSPS) is 12.3. The van der Waals surface area contributed by atoms with Crippen molar-refractivity contribution in [3.63, 3.8) is 0 Å². The molecule has 1 aromatic rings. The number of hydrogen-bond acceptors (Lipinski definition) is 8. The maximum Gasteiger partial charge on any atom is 0.326 e. The summed E-state index contributed by atoms with van der Waals surface area (Å²) in [6.45, 7) is 0.235. The second kappa shape index (κ2) is 12.6. The Morgan fingerprint density at radius 1 is 1.03 bits per heavy atom. The highest BCUT2D eigenvalue weighted by Crippen LogP contribution is 2.17. The van der Waals surface area contributed by atoms with Crippen LogP contribution in [0, 0.1) is 16.1 Å². The standard InChI is InChI=1S/C17H22FN5O9/c18-14-11(23(31)32)5-6-12(22-14)19-8-2-1-3-9(15(26)27)20-17(30)21-10(16(28)29)4-7-13(24)25/h5-6,9-10H,1-4,7-8H2,(H,19,22)(H,24,25)(H,26,27)(H,28,29)(H2,20,21,30). The predicted octanol–water partition coefficient (Wildman–Crippen LogP) is 0.782. The molecule has 0 spiro atoms. The predicted molar refractivity (Wildman–Crippen MR) is 105 cm³/mol. The van der Waals surface area contributed by atoms with Crippen LogP contribution in [0.3, 0.4) is 0 Å². The molecule has 0 aliphatic carbocycles. The van der Waals surface area contributed by atoms with E-state index in [1.54, 1.807) is 0 Å². The van der Waals surface area contributed by atoms with Gasteiger partial charge in [-0.2, -0.15) is 9.37 Å². The zero-order valence-electron chi connectivity index (χ0n) is 16.6. The summed E-state index contributed by atoms with van der Waals surface area (Å²) in [4.78, 5) is 57.9. The molecule has 1 heterocycles. The number of pyridine rings is 1. The van der Waals surface area contributed by atoms with E-state index in [1.165, 1.54) is 6.07 Å². The average Bonchev–Trinajstić information content (AvgIpc) is 2.69. The van der Waals surface area contributed by atoms with E-state index in [4.69, 9.17) is 10.2 Å². The van der Waals surface area contributed by atoms with Crippen molar-refractivity contribution in [1.82, 2.24) is 15.6 Å². The molecular weight excluding hydrogens is 437 g/mol. The SMILES string of the molecule is O=C(O)CCC(NC(=O)NC(CCCCNc1ccc([N+](=O)[O-])c(F)n1)C(=O)O)C(=O)O. The van der Waals surface area contributed by atoms with Gasteiger partial charge < -0.3 is 31.3 Å². The van der Waals surface area contributed by atoms with Crippen LogP contribution < -0.4 is 16.0 Å². The highest BCUT2D eigenvalue weighted by Gasteiger charge is 2.24. The summed E-state index contributed by atoms with van der Waals surface area (Å²) in [5, 5.41) is 44.2. The van der Waals surface area contributed by atoms with Gasteiger partial charge in [0.15, 0.2) is 0 Å². The number of carbonyl (C=O) groups is 4. The summed E-state index contributed by atoms with van der Waals surface area (Å²) >= 11 is 0. The molecule has 2 amide bonds. The van der Waals surface area contributed by atoms with Crippen molar-refractivity contribution in [3.05, 3.63) is 28.2 Å². The third-order valence-corrected chi connectivity index (χ3v) is 4.11. The Hall–Kier alpha value is -4.04. The van der Waals surface area contributed by atoms with Gasteiger partial charge >= 0.3 is 29.6 Å². The third-order valence-electron chi connectivity index (χ3n) is 4.11. The average molecular weight is 459 g/mol. The van der Waals surface area contributed by atoms with Gasteiger partial charge in [0, 0.05) is 19.0 Å². The van der Waals surface area contributed by atoms with Crippen molar-refractivity contribution >= 4 is 35.4 Å². The number of urea groups is 1. The van der Waals surface area contributed by atoms with Crippen LogP contribution in [-0.2, 0) is 14.4 Å². The van der Waals surface area contributed by atoms with Crippen molar-refractivity contribution in [2.75, 3.05) is 11.9 Å². The minimum atomic E-state index is -1.50. The molecule has 2 unspecified atom stereocenters. The zero-order valence-corrected chi connectivity index (χ0v) is 16.6. The molecule has 2 atom stereocenters. The lowest BCUT2D eigenvalue weighted by Crippen LogP contribution is -2.51. The van der Waals surface area contributed by atoms with E-state index in [0.717, 1.165) is 6.07 Å². The molecule has 176 valence electrons. The number of carboxylic acids is 3. The van der Waals surface area contributed by atoms with Crippen molar-refractivity contribution in [2.24, 2.45) is 0 Å². The highest BCUT2D eigenvalue weighted by molar-refractivity contribution is 5.86. The lowest BCUT2D eigenvalue weighted by atomic mass is 10.1. The molecule has 0 aromatic carbocycles. The molecule has 0 saturated heterocycles. The Morgan fingerprint density at radius 3 is 2.12 bits per heavy atom. The van der Waals surface area contributed by atoms with Crippen LogP contribution in [0.4, 0.5) is 20.7 Å². The van der Waals surface area contributed by atoms with Gasteiger partial charge in [0.05, 0.1) is 4.92 Å². The number of aliphatic carboxylic acids is 3. The van der Waals surface area contributed by atoms with Gasteiger partial charge in [0.1, 0.15) is 17.9 Å². The number of unbranched alkanes of at least 4 members (excludes halogenated alkanes) is 1. The Morgan fingerprint density at radius 2 is 1.62 bits per heavy atom. The maximum atomic E-state index is 13.5. The van der Waals surface area contributed by atoms with Crippen molar-refractivity contribution < 1.29 is 43.8 Å². The van der Waals surface area contributed by atoms with Gasteiger partial charge in [-0.15, -0.1) is 0 Å². The smallest absolute Gasteiger partial charge is 0.326 e. The van der Waals surface area contributed by atoms with Crippen LogP contribution in [0.1, 0.15) is 32.1 Å². The number of rotatable bonds is 14. The third kappa shape index (κ3) is 9.19. The van der Waals surface area contributed by atoms with E-state index < -0.39 is 59.0 Å². The highest BCUT2D eigenvalue weighted by atomic mass is 19.1. The molecule has 14 nitrogen and oxygen atoms in total. The van der Waals surface area contributed by atoms with Gasteiger partial charge in [-0.3, -0.25) is 14.9 Å². The van der Waals surface area contributed by atoms with Crippen LogP contribution in [-0.4, -0.2) is 67.8 Å². The minimum absolute atomic E-state index is 0.0145. The number of halogens is 1. The molecule has 0 aliphatic rings. The molecule has 6 N–H and O–H groups in total. The number of hydrogen-bond donors (Lipinski definition) is 6. The van der Waals surface area contributed by atoms with Crippen LogP contribution in [0.5, 0.6) is 0 Å². The van der Waals surface area contributed by atoms with E-state index in [9.17, 15) is 38.8 Å². The monoisotopic (exact) mass is 459 g/mol. The molecule has 0 aliphatic heterocycles. The molecule has 1 rings (SSSR count). The van der Waals surface area contributed by atoms with Crippen molar-refractivity contribution in [1.29, 1.82) is 0 Å². The quantitative estimate of drug-likeness (QED) is 0.0987. The number of nitrogens with one attached hydrogen (secondary N) is 3. The molecule has 1 aromatic heterocycles. The van der Waals surface area contributed by atoms with Crippen LogP contribution in [0.15, 0.2) is 12.1 Å². The first-order chi connectivity index (χ1) is 15.0. The molecule has 32 heavy (non-hydrogen) atoms. The Bertz CT molecular complexity index is 867. The number of anilines is 1. The molecule has 0 radical (unpaired) electrons. The lowest BCUT2D eigenvalue weighted by Gasteiger charge is -2.18. The number of carbonyl (C=O) groups excluding carboxylic acids is 1. The second-order valence-electron chi connectivity index (χ2n) is 6.52. The Labute approximate surface area is 180 Å². The summed E-state index contributed by atoms with van der Waals surface area (Å²) in [5.41, 5.74) is -0.766. The largest absolute Gasteiger partial charge is 0.481 e. The van der Waals surface area contributed by atoms with E-state index in [2.05, 4.69) is 15.6 Å². The van der Waals surface area contributed by atoms with E-state index in [1.807, 2.05) is 5.32 Å². The molecule has 15 heteroatoms. The Kier molecular flexibility index (Phi) is 10.2. The number of nitro groups is 1. The summed E-state index contributed by atoms with van der Waals surface area (Å²) in [6.07, 6.45) is -0.219. The van der Waals surface area contributed by atoms with Gasteiger partial charge in [-0.1, -0.05) is 0 Å². The number of carboxylic acid groups (broad SMARTS) is 3. The molecule has 0 saturated carbocycles. The van der Waals surface area contributed by atoms with Crippen LogP contribution in [0.2, 0.25) is 0 Å². The first kappa shape index (κ1) is 26.0. The fourth-order valence-electron chi connectivity index (χ4n) is 2.49. The van der Waals surface area contributed by atoms with Crippen LogP contribution in [0.25, 0.3) is 0 Å². The number of amides is 2. The van der Waals surface area contributed by atoms with Gasteiger partial charge in [-0.05, 0) is 31.7 Å². The molecule has 0 bridgehead atoms. The first-order valence-electron chi connectivity index (χ1n) is 9.30. The van der Waals surface area contributed by atoms with E-state index in [0.29, 0.717) is 12.8 Å². The minimum Gasteiger partial charge on any atom is -0.481 e. The Balaban J connectivity index is 2.46. The molecular formula is C17H22FN5O9. The van der Waals surface area contributed by atoms with E-state index >= 15 is 0 Å². The molecule has 0 fully saturated rings. The van der Waals surface area contributed by atoms with Gasteiger partial charge in [0.2, 0.25) is 0 Å². The number of nitrogens with zero attached hydrogens (tertiary/aromatic N) is 2. The summed E-state index contributed by atoms with van der Waals surface area (Å²) < 4.78 is 13.5. The second-order valence-corrected chi connectivity index (χ2v) is 6.52. The van der Waals surface area contributed by atoms with Gasteiger partial charge in [0.25, 0.3) is 5.95 Å². The summed E-state index contributed by atoms with van der Waals surface area (Å²) in [7, 11) is 0. The van der Waals surface area contributed by atoms with Crippen LogP contribution >= 0.6 is 0 Å². The fraction of sp³-hybridized carbons (Fsp3) is 0.471. The maximum absolute atomic E-state index is 13.5. The topological polar surface area (TPSA) is 221 Å². The van der Waals surface area contributed by atoms with Gasteiger partial charge in [-0.25, -0.2) is 14.4 Å². The van der Waals surface area contributed by atoms with Crippen molar-refractivity contribution in [2.45, 2.75) is 44.2 Å².